The summed E-state index contributed by atoms with van der Waals surface area (Å²) in [6.45, 7) is 0. The lowest BCUT2D eigenvalue weighted by atomic mass is 10.3. The summed E-state index contributed by atoms with van der Waals surface area (Å²) in [6, 6.07) is 5.98. The van der Waals surface area contributed by atoms with Crippen molar-refractivity contribution in [1.29, 1.82) is 0 Å². The normalized spacial score (nSPS) is 8.44. The highest BCUT2D eigenvalue weighted by atomic mass is 16.3. The highest BCUT2D eigenvalue weighted by molar-refractivity contribution is 5.56. The largest absolute Gasteiger partial charge is 0.502 e. The lowest BCUT2D eigenvalue weighted by Crippen LogP contribution is -1.82. The second kappa shape index (κ2) is 1.75. The first-order valence-electron chi connectivity index (χ1n) is 2.31. The maximum Gasteiger partial charge on any atom is 0.212 e. The zero-order valence-corrected chi connectivity index (χ0v) is 4.55. The van der Waals surface area contributed by atoms with Gasteiger partial charge in [0.25, 0.3) is 0 Å². The average Bonchev–Trinajstić information content (AvgIpc) is 1.83. The van der Waals surface area contributed by atoms with E-state index < -0.39 is 0 Å². The Morgan fingerprint density at radius 1 is 1.44 bits per heavy atom. The molecule has 0 aliphatic rings. The minimum Gasteiger partial charge on any atom is -0.502 e. The fourth-order valence-corrected chi connectivity index (χ4v) is 0.446. The van der Waals surface area contributed by atoms with Gasteiger partial charge in [0.15, 0.2) is 5.75 Å². The molecule has 0 unspecified atom stereocenters. The molecule has 0 atom stereocenters. The summed E-state index contributed by atoms with van der Waals surface area (Å²) in [6.07, 6.45) is 0. The van der Waals surface area contributed by atoms with Gasteiger partial charge in [0.1, 0.15) is 0 Å². The number of anilines is 1. The van der Waals surface area contributed by atoms with E-state index >= 15 is 0 Å². The summed E-state index contributed by atoms with van der Waals surface area (Å²) in [5, 5.41) is 17.5. The lowest BCUT2D eigenvalue weighted by molar-refractivity contribution is 0.406. The van der Waals surface area contributed by atoms with E-state index in [9.17, 15) is 0 Å². The molecule has 46 valence electrons. The Balaban J connectivity index is 3.25. The fourth-order valence-electron chi connectivity index (χ4n) is 0.446. The van der Waals surface area contributed by atoms with E-state index in [2.05, 4.69) is 12.1 Å². The monoisotopic (exact) mass is 123 g/mol. The first kappa shape index (κ1) is 5.57. The Hall–Kier alpha value is -1.56. The fraction of sp³-hybridized carbons (Fsp3) is 0. The molecule has 0 amide bonds. The number of nitrogens with two attached hydrogens (primary N) is 1. The Bertz CT molecular complexity index is 202. The first-order chi connectivity index (χ1) is 4.22. The van der Waals surface area contributed by atoms with Crippen LogP contribution in [0.4, 0.5) is 5.69 Å². The number of rotatable bonds is 0. The van der Waals surface area contributed by atoms with E-state index in [1.165, 1.54) is 6.07 Å². The van der Waals surface area contributed by atoms with Crippen molar-refractivity contribution in [2.24, 2.45) is 0 Å². The molecule has 0 heterocycles. The van der Waals surface area contributed by atoms with Crippen LogP contribution >= 0.6 is 0 Å². The van der Waals surface area contributed by atoms with Gasteiger partial charge in [0, 0.05) is 6.07 Å². The van der Waals surface area contributed by atoms with Gasteiger partial charge in [-0.25, -0.2) is 0 Å². The van der Waals surface area contributed by atoms with Crippen LogP contribution in [-0.4, -0.2) is 10.2 Å². The third kappa shape index (κ3) is 0.820. The van der Waals surface area contributed by atoms with Crippen LogP contribution in [0.25, 0.3) is 0 Å². The molecule has 0 saturated heterocycles. The molecular formula is C6H5NO2. The Labute approximate surface area is 52.4 Å². The van der Waals surface area contributed by atoms with Gasteiger partial charge in [-0.1, -0.05) is 6.07 Å². The van der Waals surface area contributed by atoms with Crippen molar-refractivity contribution in [2.75, 3.05) is 5.73 Å². The summed E-state index contributed by atoms with van der Waals surface area (Å²) in [7, 11) is 0. The van der Waals surface area contributed by atoms with E-state index in [0.717, 1.165) is 0 Å². The predicted octanol–water partition coefficient (Wildman–Crippen LogP) is 0.280. The average molecular weight is 123 g/mol. The molecule has 0 spiro atoms. The number of hydrogen-bond acceptors (Lipinski definition) is 3. The highest BCUT2D eigenvalue weighted by Gasteiger charge is 1.98. The molecule has 0 saturated carbocycles. The second-order valence-electron chi connectivity index (χ2n) is 1.57. The molecule has 0 fully saturated rings. The standard InChI is InChI=1S/C6H5NO2/c7-4-2-1-3-5(8)6(4)9/h2,8-9H,7H2. The molecule has 0 aliphatic heterocycles. The molecule has 0 aromatic heterocycles. The smallest absolute Gasteiger partial charge is 0.212 e. The third-order valence-corrected chi connectivity index (χ3v) is 0.916. The van der Waals surface area contributed by atoms with Gasteiger partial charge < -0.3 is 15.9 Å². The summed E-state index contributed by atoms with van der Waals surface area (Å²) in [4.78, 5) is 0. The van der Waals surface area contributed by atoms with E-state index in [0.29, 0.717) is 0 Å². The molecule has 3 nitrogen and oxygen atoms in total. The van der Waals surface area contributed by atoms with Crippen molar-refractivity contribution in [3.05, 3.63) is 18.2 Å². The summed E-state index contributed by atoms with van der Waals surface area (Å²) >= 11 is 0. The lowest BCUT2D eigenvalue weighted by Gasteiger charge is -1.93. The van der Waals surface area contributed by atoms with Gasteiger partial charge in [-0.2, -0.15) is 0 Å². The highest BCUT2D eigenvalue weighted by Crippen LogP contribution is 2.26. The van der Waals surface area contributed by atoms with Gasteiger partial charge >= 0.3 is 0 Å². The van der Waals surface area contributed by atoms with Crippen LogP contribution in [0.15, 0.2) is 6.07 Å². The zero-order chi connectivity index (χ0) is 6.85. The maximum absolute atomic E-state index is 8.78. The van der Waals surface area contributed by atoms with Crippen molar-refractivity contribution in [1.82, 2.24) is 0 Å². The zero-order valence-electron chi connectivity index (χ0n) is 4.55. The van der Waals surface area contributed by atoms with Gasteiger partial charge in [-0.3, -0.25) is 0 Å². The van der Waals surface area contributed by atoms with E-state index in [1.807, 2.05) is 0 Å². The molecule has 3 heteroatoms. The van der Waals surface area contributed by atoms with Crippen LogP contribution < -0.4 is 5.73 Å². The van der Waals surface area contributed by atoms with Crippen LogP contribution in [0.2, 0.25) is 0 Å². The number of aromatic hydroxyl groups is 2. The Morgan fingerprint density at radius 2 is 2.11 bits per heavy atom. The maximum atomic E-state index is 8.78. The molecular weight excluding hydrogens is 118 g/mol. The number of hydrogen-bond donors (Lipinski definition) is 3. The van der Waals surface area contributed by atoms with Crippen LogP contribution in [0, 0.1) is 12.1 Å². The summed E-state index contributed by atoms with van der Waals surface area (Å²) in [5.74, 6) is -0.705. The van der Waals surface area contributed by atoms with Crippen molar-refractivity contribution < 1.29 is 10.2 Å². The van der Waals surface area contributed by atoms with E-state index in [1.54, 1.807) is 0 Å². The van der Waals surface area contributed by atoms with Crippen molar-refractivity contribution in [3.8, 4) is 11.5 Å². The topological polar surface area (TPSA) is 66.5 Å². The van der Waals surface area contributed by atoms with Gasteiger partial charge in [-0.15, -0.1) is 0 Å². The van der Waals surface area contributed by atoms with Gasteiger partial charge in [0.05, 0.1) is 5.69 Å². The molecule has 9 heavy (non-hydrogen) atoms. The molecule has 1 aromatic carbocycles. The SMILES string of the molecule is Nc1cc#cc(O)c1O. The molecule has 0 bridgehead atoms. The Kier molecular flexibility index (Phi) is 1.08. The first-order valence-corrected chi connectivity index (χ1v) is 2.31. The van der Waals surface area contributed by atoms with Gasteiger partial charge in [-0.05, 0) is 6.07 Å². The molecule has 1 rings (SSSR count). The molecule has 0 radical (unpaired) electrons. The third-order valence-electron chi connectivity index (χ3n) is 0.916. The second-order valence-corrected chi connectivity index (χ2v) is 1.57. The van der Waals surface area contributed by atoms with Crippen molar-refractivity contribution in [3.63, 3.8) is 0 Å². The van der Waals surface area contributed by atoms with Crippen LogP contribution in [-0.2, 0) is 0 Å². The summed E-state index contributed by atoms with van der Waals surface area (Å²) in [5.41, 5.74) is 5.26. The Morgan fingerprint density at radius 3 is 2.56 bits per heavy atom. The van der Waals surface area contributed by atoms with Gasteiger partial charge in [0.2, 0.25) is 5.75 Å². The minimum atomic E-state index is -0.366. The summed E-state index contributed by atoms with van der Waals surface area (Å²) < 4.78 is 0. The molecule has 0 aliphatic carbocycles. The minimum absolute atomic E-state index is 0.103. The van der Waals surface area contributed by atoms with Crippen LogP contribution in [0.5, 0.6) is 11.5 Å². The predicted molar refractivity (Wildman–Crippen MR) is 31.9 cm³/mol. The van der Waals surface area contributed by atoms with Crippen LogP contribution in [0.1, 0.15) is 0 Å². The van der Waals surface area contributed by atoms with Crippen molar-refractivity contribution in [2.45, 2.75) is 0 Å². The molecule has 4 N–H and O–H groups in total. The number of nitrogen functional groups attached to an aromatic ring is 1. The quantitative estimate of drug-likeness (QED) is 0.464. The van der Waals surface area contributed by atoms with Crippen LogP contribution in [0.3, 0.4) is 0 Å². The molecule has 1 aromatic rings. The van der Waals surface area contributed by atoms with Crippen molar-refractivity contribution >= 4 is 5.69 Å². The van der Waals surface area contributed by atoms with E-state index in [-0.39, 0.29) is 17.2 Å². The van der Waals surface area contributed by atoms with E-state index in [4.69, 9.17) is 15.9 Å².